The fourth-order valence-corrected chi connectivity index (χ4v) is 2.26. The van der Waals surface area contributed by atoms with Crippen molar-refractivity contribution in [3.05, 3.63) is 74.8 Å². The van der Waals surface area contributed by atoms with Crippen LogP contribution >= 0.6 is 23.2 Å². The molecule has 0 amide bonds. The Morgan fingerprint density at radius 3 is 2.55 bits per heavy atom. The van der Waals surface area contributed by atoms with Crippen molar-refractivity contribution in [2.75, 3.05) is 0 Å². The lowest BCUT2D eigenvalue weighted by atomic mass is 10.0. The Bertz CT molecular complexity index is 687. The Morgan fingerprint density at radius 1 is 1.05 bits per heavy atom. The third kappa shape index (κ3) is 3.50. The number of hydrogen-bond acceptors (Lipinski definition) is 1. The molecular formula is C17H14Cl2O. The molecule has 0 aliphatic heterocycles. The van der Waals surface area contributed by atoms with E-state index in [1.54, 1.807) is 18.2 Å². The van der Waals surface area contributed by atoms with Gasteiger partial charge in [-0.3, -0.25) is 4.79 Å². The second-order valence-corrected chi connectivity index (χ2v) is 5.53. The number of carbonyl (C=O) groups excluding carboxylic acids is 1. The maximum absolute atomic E-state index is 12.2. The van der Waals surface area contributed by atoms with Gasteiger partial charge in [-0.1, -0.05) is 53.0 Å². The van der Waals surface area contributed by atoms with E-state index >= 15 is 0 Å². The number of aryl methyl sites for hydroxylation is 2. The van der Waals surface area contributed by atoms with Crippen LogP contribution in [0.25, 0.3) is 6.08 Å². The van der Waals surface area contributed by atoms with Crippen molar-refractivity contribution in [2.24, 2.45) is 0 Å². The summed E-state index contributed by atoms with van der Waals surface area (Å²) in [6.45, 7) is 4.03. The van der Waals surface area contributed by atoms with Crippen molar-refractivity contribution in [1.29, 1.82) is 0 Å². The lowest BCUT2D eigenvalue weighted by Crippen LogP contribution is -1.95. The summed E-state index contributed by atoms with van der Waals surface area (Å²) in [4.78, 5) is 12.2. The highest BCUT2D eigenvalue weighted by Gasteiger charge is 2.08. The van der Waals surface area contributed by atoms with Gasteiger partial charge in [-0.15, -0.1) is 0 Å². The van der Waals surface area contributed by atoms with Gasteiger partial charge in [0.05, 0.1) is 5.02 Å². The average molecular weight is 305 g/mol. The van der Waals surface area contributed by atoms with Crippen LogP contribution in [0.2, 0.25) is 10.0 Å². The van der Waals surface area contributed by atoms with Crippen molar-refractivity contribution >= 4 is 35.1 Å². The molecule has 0 unspecified atom stereocenters. The number of halogens is 2. The topological polar surface area (TPSA) is 17.1 Å². The van der Waals surface area contributed by atoms with Crippen LogP contribution in [0.3, 0.4) is 0 Å². The van der Waals surface area contributed by atoms with Crippen LogP contribution in [0.5, 0.6) is 0 Å². The normalized spacial score (nSPS) is 11.0. The second kappa shape index (κ2) is 6.25. The van der Waals surface area contributed by atoms with Gasteiger partial charge in [0, 0.05) is 10.6 Å². The summed E-state index contributed by atoms with van der Waals surface area (Å²) in [6, 6.07) is 11.0. The molecule has 0 spiro atoms. The van der Waals surface area contributed by atoms with Gasteiger partial charge in [0.25, 0.3) is 0 Å². The van der Waals surface area contributed by atoms with Gasteiger partial charge in [-0.05, 0) is 49.2 Å². The van der Waals surface area contributed by atoms with Crippen LogP contribution < -0.4 is 0 Å². The lowest BCUT2D eigenvalue weighted by Gasteiger charge is -2.03. The lowest BCUT2D eigenvalue weighted by molar-refractivity contribution is 0.104. The van der Waals surface area contributed by atoms with E-state index < -0.39 is 0 Å². The summed E-state index contributed by atoms with van der Waals surface area (Å²) in [5, 5.41) is 0.905. The summed E-state index contributed by atoms with van der Waals surface area (Å²) in [7, 11) is 0. The third-order valence-corrected chi connectivity index (χ3v) is 3.61. The molecule has 0 radical (unpaired) electrons. The zero-order valence-electron chi connectivity index (χ0n) is 11.3. The molecular weight excluding hydrogens is 291 g/mol. The van der Waals surface area contributed by atoms with Gasteiger partial charge in [0.2, 0.25) is 0 Å². The second-order valence-electron chi connectivity index (χ2n) is 4.68. The molecule has 20 heavy (non-hydrogen) atoms. The van der Waals surface area contributed by atoms with Gasteiger partial charge in [-0.25, -0.2) is 0 Å². The molecule has 1 nitrogen and oxygen atoms in total. The van der Waals surface area contributed by atoms with Gasteiger partial charge in [-0.2, -0.15) is 0 Å². The van der Waals surface area contributed by atoms with Gasteiger partial charge in [0.15, 0.2) is 5.78 Å². The van der Waals surface area contributed by atoms with E-state index in [1.807, 2.05) is 38.1 Å². The first-order valence-corrected chi connectivity index (χ1v) is 6.97. The molecule has 0 atom stereocenters. The van der Waals surface area contributed by atoms with E-state index in [0.29, 0.717) is 15.6 Å². The minimum Gasteiger partial charge on any atom is -0.289 e. The predicted molar refractivity (Wildman–Crippen MR) is 85.7 cm³/mol. The SMILES string of the molecule is Cc1ccc(C)c(/C=C/C(=O)c2cc(Cl)ccc2Cl)c1. The highest BCUT2D eigenvalue weighted by atomic mass is 35.5. The van der Waals surface area contributed by atoms with Crippen LogP contribution in [0.1, 0.15) is 27.0 Å². The minimum absolute atomic E-state index is 0.154. The Balaban J connectivity index is 2.29. The summed E-state index contributed by atoms with van der Waals surface area (Å²) < 4.78 is 0. The number of carbonyl (C=O) groups is 1. The molecule has 0 aromatic heterocycles. The number of rotatable bonds is 3. The Kier molecular flexibility index (Phi) is 4.64. The average Bonchev–Trinajstić information content (AvgIpc) is 2.42. The first-order valence-electron chi connectivity index (χ1n) is 6.22. The number of hydrogen-bond donors (Lipinski definition) is 0. The van der Waals surface area contributed by atoms with E-state index in [2.05, 4.69) is 0 Å². The zero-order valence-corrected chi connectivity index (χ0v) is 12.8. The molecule has 2 aromatic rings. The number of ketones is 1. The van der Waals surface area contributed by atoms with Crippen LogP contribution in [0, 0.1) is 13.8 Å². The van der Waals surface area contributed by atoms with Crippen molar-refractivity contribution in [3.63, 3.8) is 0 Å². The summed E-state index contributed by atoms with van der Waals surface area (Å²) in [5.74, 6) is -0.154. The fraction of sp³-hybridized carbons (Fsp3) is 0.118. The van der Waals surface area contributed by atoms with Crippen LogP contribution in [-0.2, 0) is 0 Å². The zero-order chi connectivity index (χ0) is 14.7. The largest absolute Gasteiger partial charge is 0.289 e. The monoisotopic (exact) mass is 304 g/mol. The molecule has 0 heterocycles. The van der Waals surface area contributed by atoms with Gasteiger partial charge in [0.1, 0.15) is 0 Å². The van der Waals surface area contributed by atoms with E-state index in [9.17, 15) is 4.79 Å². The first kappa shape index (κ1) is 14.8. The quantitative estimate of drug-likeness (QED) is 0.540. The molecule has 0 aliphatic carbocycles. The molecule has 2 rings (SSSR count). The van der Waals surface area contributed by atoms with Crippen molar-refractivity contribution < 1.29 is 4.79 Å². The number of allylic oxidation sites excluding steroid dienone is 1. The van der Waals surface area contributed by atoms with E-state index in [1.165, 1.54) is 6.08 Å². The highest BCUT2D eigenvalue weighted by molar-refractivity contribution is 6.36. The molecule has 0 N–H and O–H groups in total. The van der Waals surface area contributed by atoms with Crippen LogP contribution in [0.4, 0.5) is 0 Å². The predicted octanol–water partition coefficient (Wildman–Crippen LogP) is 5.51. The van der Waals surface area contributed by atoms with E-state index in [-0.39, 0.29) is 5.78 Å². The molecule has 102 valence electrons. The molecule has 0 aliphatic rings. The molecule has 2 aromatic carbocycles. The van der Waals surface area contributed by atoms with Crippen molar-refractivity contribution in [1.82, 2.24) is 0 Å². The van der Waals surface area contributed by atoms with E-state index in [4.69, 9.17) is 23.2 Å². The van der Waals surface area contributed by atoms with Gasteiger partial charge >= 0.3 is 0 Å². The molecule has 0 saturated carbocycles. The molecule has 0 bridgehead atoms. The minimum atomic E-state index is -0.154. The molecule has 3 heteroatoms. The fourth-order valence-electron chi connectivity index (χ4n) is 1.88. The van der Waals surface area contributed by atoms with Crippen LogP contribution in [-0.4, -0.2) is 5.78 Å². The third-order valence-electron chi connectivity index (χ3n) is 3.04. The summed E-state index contributed by atoms with van der Waals surface area (Å²) in [5.41, 5.74) is 3.72. The van der Waals surface area contributed by atoms with Gasteiger partial charge < -0.3 is 0 Å². The van der Waals surface area contributed by atoms with E-state index in [0.717, 1.165) is 16.7 Å². The van der Waals surface area contributed by atoms with Crippen LogP contribution in [0.15, 0.2) is 42.5 Å². The Labute approximate surface area is 128 Å². The highest BCUT2D eigenvalue weighted by Crippen LogP contribution is 2.22. The summed E-state index contributed by atoms with van der Waals surface area (Å²) in [6.07, 6.45) is 3.33. The molecule has 0 saturated heterocycles. The smallest absolute Gasteiger partial charge is 0.187 e. The maximum Gasteiger partial charge on any atom is 0.187 e. The number of benzene rings is 2. The Hall–Kier alpha value is -1.57. The molecule has 0 fully saturated rings. The van der Waals surface area contributed by atoms with Crippen molar-refractivity contribution in [3.8, 4) is 0 Å². The standard InChI is InChI=1S/C17H14Cl2O/c1-11-3-4-12(2)13(9-11)5-8-17(20)15-10-14(18)6-7-16(15)19/h3-10H,1-2H3/b8-5+. The van der Waals surface area contributed by atoms with Crippen molar-refractivity contribution in [2.45, 2.75) is 13.8 Å². The maximum atomic E-state index is 12.2. The Morgan fingerprint density at radius 2 is 1.80 bits per heavy atom. The first-order chi connectivity index (χ1) is 9.47. The summed E-state index contributed by atoms with van der Waals surface area (Å²) >= 11 is 11.9.